The quantitative estimate of drug-likeness (QED) is 0.536. The van der Waals surface area contributed by atoms with Gasteiger partial charge in [0.15, 0.2) is 0 Å². The first kappa shape index (κ1) is 22.4. The normalized spacial score (nSPS) is 18.2. The minimum absolute atomic E-state index is 0.195. The van der Waals surface area contributed by atoms with E-state index >= 15 is 0 Å². The Morgan fingerprint density at radius 3 is 2.56 bits per heavy atom. The van der Waals surface area contributed by atoms with Crippen molar-refractivity contribution in [2.45, 2.75) is 19.3 Å². The molecule has 0 bridgehead atoms. The van der Waals surface area contributed by atoms with Gasteiger partial charge in [-0.05, 0) is 43.0 Å². The lowest BCUT2D eigenvalue weighted by Gasteiger charge is -2.39. The lowest BCUT2D eigenvalue weighted by molar-refractivity contribution is -0.128. The fourth-order valence-electron chi connectivity index (χ4n) is 4.83. The third-order valence-electron chi connectivity index (χ3n) is 6.68. The topological polar surface area (TPSA) is 95.3 Å². The number of amides is 1. The van der Waals surface area contributed by atoms with Crippen molar-refractivity contribution in [3.63, 3.8) is 0 Å². The molecule has 170 valence electrons. The molecule has 8 heteroatoms. The molecule has 1 aromatic carbocycles. The lowest BCUT2D eigenvalue weighted by Crippen LogP contribution is -2.44. The van der Waals surface area contributed by atoms with Crippen LogP contribution in [0, 0.1) is 5.41 Å². The van der Waals surface area contributed by atoms with Crippen molar-refractivity contribution in [2.75, 3.05) is 50.9 Å². The Hall–Kier alpha value is -2.77. The van der Waals surface area contributed by atoms with Crippen LogP contribution in [-0.4, -0.2) is 51.2 Å². The number of pyridine rings is 1. The molecule has 7 nitrogen and oxygen atoms in total. The van der Waals surface area contributed by atoms with Crippen molar-refractivity contribution >= 4 is 34.6 Å². The van der Waals surface area contributed by atoms with Crippen molar-refractivity contribution < 1.29 is 4.79 Å². The Morgan fingerprint density at radius 1 is 1.25 bits per heavy atom. The number of nitrogens with two attached hydrogens (primary N) is 1. The van der Waals surface area contributed by atoms with Gasteiger partial charge in [0.2, 0.25) is 5.91 Å². The largest absolute Gasteiger partial charge is 0.394 e. The van der Waals surface area contributed by atoms with Crippen LogP contribution in [0.1, 0.15) is 24.8 Å². The second-order valence-corrected chi connectivity index (χ2v) is 8.94. The van der Waals surface area contributed by atoms with Crippen LogP contribution >= 0.6 is 11.6 Å². The molecule has 1 aromatic heterocycles. The number of nitrogens with one attached hydrogen (secondary N) is 3. The van der Waals surface area contributed by atoms with E-state index in [2.05, 4.69) is 50.1 Å². The summed E-state index contributed by atoms with van der Waals surface area (Å²) in [5.41, 5.74) is 11.1. The molecule has 2 aliphatic heterocycles. The van der Waals surface area contributed by atoms with Gasteiger partial charge in [-0.1, -0.05) is 35.9 Å². The number of benzene rings is 1. The van der Waals surface area contributed by atoms with Gasteiger partial charge in [0, 0.05) is 51.2 Å². The molecule has 0 atom stereocenters. The number of hydrogen-bond donors (Lipinski definition) is 4. The van der Waals surface area contributed by atoms with E-state index in [9.17, 15) is 4.79 Å². The van der Waals surface area contributed by atoms with Crippen molar-refractivity contribution in [2.24, 2.45) is 5.41 Å². The molecule has 2 fully saturated rings. The van der Waals surface area contributed by atoms with Crippen LogP contribution in [0.5, 0.6) is 0 Å². The predicted octanol–water partition coefficient (Wildman–Crippen LogP) is 2.87. The fraction of sp³-hybridized carbons (Fsp3) is 0.417. The van der Waals surface area contributed by atoms with Crippen LogP contribution in [0.3, 0.4) is 0 Å². The van der Waals surface area contributed by atoms with E-state index in [1.54, 1.807) is 6.20 Å². The first-order valence-electron chi connectivity index (χ1n) is 11.1. The molecule has 0 unspecified atom stereocenters. The highest BCUT2D eigenvalue weighted by Crippen LogP contribution is 2.44. The highest BCUT2D eigenvalue weighted by Gasteiger charge is 2.44. The summed E-state index contributed by atoms with van der Waals surface area (Å²) in [6, 6.07) is 8.41. The predicted molar refractivity (Wildman–Crippen MR) is 132 cm³/mol. The Morgan fingerprint density at radius 2 is 1.97 bits per heavy atom. The summed E-state index contributed by atoms with van der Waals surface area (Å²) < 4.78 is 0. The van der Waals surface area contributed by atoms with Gasteiger partial charge in [0.25, 0.3) is 0 Å². The minimum Gasteiger partial charge on any atom is -0.394 e. The lowest BCUT2D eigenvalue weighted by atomic mass is 9.77. The SMILES string of the molecule is CN/C=C(\CNC)c1ccc(-c2cnc(N)c(Cl)c2N2CCC3(CCNC3=O)CC2)cc1. The summed E-state index contributed by atoms with van der Waals surface area (Å²) in [5, 5.41) is 9.78. The zero-order valence-corrected chi connectivity index (χ0v) is 19.4. The molecule has 0 saturated carbocycles. The molecular formula is C24H31ClN6O. The second-order valence-electron chi connectivity index (χ2n) is 8.56. The highest BCUT2D eigenvalue weighted by atomic mass is 35.5. The maximum absolute atomic E-state index is 12.4. The molecule has 0 aliphatic carbocycles. The summed E-state index contributed by atoms with van der Waals surface area (Å²) in [5.74, 6) is 0.523. The number of likely N-dealkylation sites (N-methyl/N-ethyl adjacent to an activating group) is 1. The van der Waals surface area contributed by atoms with E-state index in [1.807, 2.05) is 20.3 Å². The maximum atomic E-state index is 12.4. The number of aromatic nitrogens is 1. The van der Waals surface area contributed by atoms with E-state index in [0.717, 1.165) is 67.8 Å². The summed E-state index contributed by atoms with van der Waals surface area (Å²) in [6.45, 7) is 3.07. The van der Waals surface area contributed by atoms with Gasteiger partial charge in [-0.25, -0.2) is 4.98 Å². The number of carbonyl (C=O) groups excluding carboxylic acids is 1. The van der Waals surface area contributed by atoms with E-state index in [-0.39, 0.29) is 11.3 Å². The molecule has 1 amide bonds. The van der Waals surface area contributed by atoms with Crippen LogP contribution in [0.2, 0.25) is 5.02 Å². The van der Waals surface area contributed by atoms with Crippen LogP contribution in [0.25, 0.3) is 16.7 Å². The molecule has 5 N–H and O–H groups in total. The smallest absolute Gasteiger partial charge is 0.226 e. The van der Waals surface area contributed by atoms with Crippen molar-refractivity contribution in [1.29, 1.82) is 0 Å². The Bertz CT molecular complexity index is 1010. The zero-order valence-electron chi connectivity index (χ0n) is 18.7. The first-order chi connectivity index (χ1) is 15.5. The van der Waals surface area contributed by atoms with Gasteiger partial charge in [-0.2, -0.15) is 0 Å². The molecule has 2 saturated heterocycles. The summed E-state index contributed by atoms with van der Waals surface area (Å²) in [4.78, 5) is 19.0. The monoisotopic (exact) mass is 454 g/mol. The third-order valence-corrected chi connectivity index (χ3v) is 7.05. The van der Waals surface area contributed by atoms with Crippen molar-refractivity contribution in [3.05, 3.63) is 47.2 Å². The van der Waals surface area contributed by atoms with E-state index in [1.165, 1.54) is 5.57 Å². The fourth-order valence-corrected chi connectivity index (χ4v) is 5.10. The molecule has 1 spiro atoms. The average molecular weight is 455 g/mol. The number of piperidine rings is 1. The summed E-state index contributed by atoms with van der Waals surface area (Å²) >= 11 is 6.69. The Kier molecular flexibility index (Phi) is 6.58. The van der Waals surface area contributed by atoms with Gasteiger partial charge < -0.3 is 26.6 Å². The van der Waals surface area contributed by atoms with Crippen LogP contribution < -0.4 is 26.6 Å². The molecule has 2 aliphatic rings. The number of nitrogen functional groups attached to an aromatic ring is 1. The number of rotatable bonds is 6. The molecule has 4 rings (SSSR count). The van der Waals surface area contributed by atoms with Crippen LogP contribution in [-0.2, 0) is 4.79 Å². The number of hydrogen-bond acceptors (Lipinski definition) is 6. The zero-order chi connectivity index (χ0) is 22.7. The third kappa shape index (κ3) is 4.14. The Labute approximate surface area is 194 Å². The average Bonchev–Trinajstić information content (AvgIpc) is 3.16. The van der Waals surface area contributed by atoms with Crippen LogP contribution in [0.4, 0.5) is 11.5 Å². The number of carbonyl (C=O) groups is 1. The second kappa shape index (κ2) is 9.38. The van der Waals surface area contributed by atoms with Gasteiger partial charge in [-0.15, -0.1) is 0 Å². The number of nitrogens with zero attached hydrogens (tertiary/aromatic N) is 2. The minimum atomic E-state index is -0.229. The molecule has 32 heavy (non-hydrogen) atoms. The Balaban J connectivity index is 1.64. The molecular weight excluding hydrogens is 424 g/mol. The number of halogens is 1. The van der Waals surface area contributed by atoms with Gasteiger partial charge in [0.05, 0.1) is 11.1 Å². The molecule has 3 heterocycles. The maximum Gasteiger partial charge on any atom is 0.226 e. The van der Waals surface area contributed by atoms with Crippen molar-refractivity contribution in [1.82, 2.24) is 20.9 Å². The number of anilines is 2. The van der Waals surface area contributed by atoms with E-state index < -0.39 is 0 Å². The van der Waals surface area contributed by atoms with Crippen molar-refractivity contribution in [3.8, 4) is 11.1 Å². The van der Waals surface area contributed by atoms with Gasteiger partial charge in [-0.3, -0.25) is 4.79 Å². The molecule has 2 aromatic rings. The van der Waals surface area contributed by atoms with Gasteiger partial charge >= 0.3 is 0 Å². The van der Waals surface area contributed by atoms with E-state index in [0.29, 0.717) is 10.8 Å². The summed E-state index contributed by atoms with van der Waals surface area (Å²) in [7, 11) is 3.83. The van der Waals surface area contributed by atoms with Crippen LogP contribution in [0.15, 0.2) is 36.7 Å². The summed E-state index contributed by atoms with van der Waals surface area (Å²) in [6.07, 6.45) is 6.35. The highest BCUT2D eigenvalue weighted by molar-refractivity contribution is 6.36. The first-order valence-corrected chi connectivity index (χ1v) is 11.5. The standard InChI is InChI=1S/C24H31ClN6O/c1-27-13-18(14-28-2)16-3-5-17(6-4-16)19-15-30-22(26)20(25)21(19)31-11-8-24(9-12-31)7-10-29-23(24)32/h3-6,13,15,27-28H,7-12,14H2,1-2H3,(H2,26,30)(H,29,32)/b18-13+. The van der Waals surface area contributed by atoms with E-state index in [4.69, 9.17) is 17.3 Å². The van der Waals surface area contributed by atoms with Gasteiger partial charge in [0.1, 0.15) is 10.8 Å². The molecule has 0 radical (unpaired) electrons.